The van der Waals surface area contributed by atoms with Crippen molar-refractivity contribution < 1.29 is 9.69 Å². The van der Waals surface area contributed by atoms with E-state index in [1.165, 1.54) is 25.9 Å². The fourth-order valence-electron chi connectivity index (χ4n) is 3.58. The third-order valence-electron chi connectivity index (χ3n) is 4.98. The molecule has 3 N–H and O–H groups in total. The lowest BCUT2D eigenvalue weighted by Crippen LogP contribution is -3.08. The lowest BCUT2D eigenvalue weighted by Gasteiger charge is -2.11. The molecule has 4 rings (SSSR count). The summed E-state index contributed by atoms with van der Waals surface area (Å²) in [4.78, 5) is 18.6. The first-order valence-corrected chi connectivity index (χ1v) is 9.11. The van der Waals surface area contributed by atoms with Gasteiger partial charge in [-0.1, -0.05) is 18.2 Å². The van der Waals surface area contributed by atoms with Gasteiger partial charge in [0, 0.05) is 31.3 Å². The van der Waals surface area contributed by atoms with E-state index in [-0.39, 0.29) is 6.03 Å². The maximum Gasteiger partial charge on any atom is 0.323 e. The number of para-hydroxylation sites is 1. The molecule has 2 aromatic carbocycles. The van der Waals surface area contributed by atoms with Crippen LogP contribution < -0.4 is 15.5 Å². The zero-order chi connectivity index (χ0) is 17.9. The molecule has 0 radical (unpaired) electrons. The highest BCUT2D eigenvalue weighted by atomic mass is 16.2. The Morgan fingerprint density at radius 3 is 2.58 bits per heavy atom. The molecule has 1 aliphatic rings. The number of imidazole rings is 1. The zero-order valence-corrected chi connectivity index (χ0v) is 15.0. The van der Waals surface area contributed by atoms with Crippen molar-refractivity contribution in [3.8, 4) is 0 Å². The Bertz CT molecular complexity index is 913. The number of aromatic nitrogens is 2. The maximum atomic E-state index is 12.2. The van der Waals surface area contributed by atoms with E-state index in [4.69, 9.17) is 4.98 Å². The van der Waals surface area contributed by atoms with Gasteiger partial charge < -0.3 is 20.1 Å². The van der Waals surface area contributed by atoms with Crippen LogP contribution in [0.25, 0.3) is 11.0 Å². The first kappa shape index (κ1) is 16.6. The summed E-state index contributed by atoms with van der Waals surface area (Å²) in [6, 6.07) is 15.0. The number of carbonyl (C=O) groups excluding carboxylic acids is 1. The summed E-state index contributed by atoms with van der Waals surface area (Å²) >= 11 is 0. The number of likely N-dealkylation sites (tertiary alicyclic amines) is 1. The van der Waals surface area contributed by atoms with Gasteiger partial charge >= 0.3 is 6.03 Å². The van der Waals surface area contributed by atoms with Gasteiger partial charge in [0.2, 0.25) is 0 Å². The molecular weight excluding hydrogens is 326 g/mol. The lowest BCUT2D eigenvalue weighted by molar-refractivity contribution is -0.902. The van der Waals surface area contributed by atoms with Gasteiger partial charge in [0.05, 0.1) is 24.1 Å². The smallest absolute Gasteiger partial charge is 0.323 e. The predicted octanol–water partition coefficient (Wildman–Crippen LogP) is 2.40. The van der Waals surface area contributed by atoms with Gasteiger partial charge in [0.15, 0.2) is 5.82 Å². The number of benzene rings is 2. The standard InChI is InChI=1S/C20H23N5O/c1-24-18-10-9-16(22-20(26)21-15-7-3-2-4-8-15)13-17(18)23-19(24)14-25-11-5-6-12-25/h2-4,7-10,13H,5-6,11-12,14H2,1H3,(H2,21,22,26)/p+1. The average molecular weight is 350 g/mol. The third kappa shape index (κ3) is 3.55. The topological polar surface area (TPSA) is 63.4 Å². The van der Waals surface area contributed by atoms with Crippen LogP contribution in [-0.4, -0.2) is 28.7 Å². The number of amides is 2. The van der Waals surface area contributed by atoms with E-state index in [0.717, 1.165) is 34.8 Å². The van der Waals surface area contributed by atoms with Crippen LogP contribution in [0.5, 0.6) is 0 Å². The molecule has 1 saturated heterocycles. The van der Waals surface area contributed by atoms with E-state index in [1.54, 1.807) is 4.90 Å². The molecule has 2 amide bonds. The van der Waals surface area contributed by atoms with Gasteiger partial charge in [-0.2, -0.15) is 0 Å². The Hall–Kier alpha value is -2.86. The van der Waals surface area contributed by atoms with E-state index in [0.29, 0.717) is 0 Å². The van der Waals surface area contributed by atoms with E-state index in [2.05, 4.69) is 22.2 Å². The number of aryl methyl sites for hydroxylation is 1. The highest BCUT2D eigenvalue weighted by molar-refractivity contribution is 6.00. The monoisotopic (exact) mass is 350 g/mol. The van der Waals surface area contributed by atoms with Crippen molar-refractivity contribution in [1.82, 2.24) is 9.55 Å². The van der Waals surface area contributed by atoms with E-state index in [1.807, 2.05) is 48.5 Å². The van der Waals surface area contributed by atoms with Crippen molar-refractivity contribution in [1.29, 1.82) is 0 Å². The largest absolute Gasteiger partial charge is 0.329 e. The minimum atomic E-state index is -0.256. The van der Waals surface area contributed by atoms with E-state index >= 15 is 0 Å². The Labute approximate surface area is 152 Å². The Morgan fingerprint density at radius 2 is 1.81 bits per heavy atom. The number of fused-ring (bicyclic) bond motifs is 1. The number of anilines is 2. The summed E-state index contributed by atoms with van der Waals surface area (Å²) in [7, 11) is 2.06. The van der Waals surface area contributed by atoms with Crippen LogP contribution in [0.15, 0.2) is 48.5 Å². The molecule has 2 heterocycles. The van der Waals surface area contributed by atoms with Crippen molar-refractivity contribution >= 4 is 28.4 Å². The number of hydrogen-bond acceptors (Lipinski definition) is 2. The minimum Gasteiger partial charge on any atom is -0.329 e. The molecule has 3 aromatic rings. The summed E-state index contributed by atoms with van der Waals surface area (Å²) in [5.41, 5.74) is 3.51. The molecule has 0 saturated carbocycles. The van der Waals surface area contributed by atoms with E-state index < -0.39 is 0 Å². The summed E-state index contributed by atoms with van der Waals surface area (Å²) in [6.07, 6.45) is 2.62. The molecule has 0 atom stereocenters. The number of nitrogens with one attached hydrogen (secondary N) is 3. The number of rotatable bonds is 4. The van der Waals surface area contributed by atoms with Crippen molar-refractivity contribution in [2.75, 3.05) is 23.7 Å². The zero-order valence-electron chi connectivity index (χ0n) is 15.0. The van der Waals surface area contributed by atoms with Crippen LogP contribution in [0.1, 0.15) is 18.7 Å². The van der Waals surface area contributed by atoms with Gasteiger partial charge in [-0.15, -0.1) is 0 Å². The number of quaternary nitrogens is 1. The molecule has 26 heavy (non-hydrogen) atoms. The molecule has 1 fully saturated rings. The van der Waals surface area contributed by atoms with Gasteiger partial charge in [0.25, 0.3) is 0 Å². The predicted molar refractivity (Wildman–Crippen MR) is 103 cm³/mol. The third-order valence-corrected chi connectivity index (χ3v) is 4.98. The number of carbonyl (C=O) groups is 1. The molecule has 0 bridgehead atoms. The van der Waals surface area contributed by atoms with Gasteiger partial charge in [-0.3, -0.25) is 0 Å². The Kier molecular flexibility index (Phi) is 4.58. The van der Waals surface area contributed by atoms with Gasteiger partial charge in [0.1, 0.15) is 6.54 Å². The summed E-state index contributed by atoms with van der Waals surface area (Å²) in [5, 5.41) is 5.70. The number of nitrogens with zero attached hydrogens (tertiary/aromatic N) is 2. The molecule has 0 aliphatic carbocycles. The summed E-state index contributed by atoms with van der Waals surface area (Å²) in [5.74, 6) is 1.10. The van der Waals surface area contributed by atoms with Crippen molar-refractivity contribution in [3.05, 3.63) is 54.4 Å². The van der Waals surface area contributed by atoms with Crippen LogP contribution in [0.4, 0.5) is 16.2 Å². The minimum absolute atomic E-state index is 0.256. The first-order valence-electron chi connectivity index (χ1n) is 9.11. The first-order chi connectivity index (χ1) is 12.7. The Balaban J connectivity index is 1.49. The van der Waals surface area contributed by atoms with Crippen LogP contribution in [0, 0.1) is 0 Å². The molecule has 1 aliphatic heterocycles. The fraction of sp³-hybridized carbons (Fsp3) is 0.300. The van der Waals surface area contributed by atoms with E-state index in [9.17, 15) is 4.79 Å². The average Bonchev–Trinajstić information content (AvgIpc) is 3.25. The van der Waals surface area contributed by atoms with Crippen molar-refractivity contribution in [2.45, 2.75) is 19.4 Å². The lowest BCUT2D eigenvalue weighted by atomic mass is 10.2. The van der Waals surface area contributed by atoms with Crippen LogP contribution in [-0.2, 0) is 13.6 Å². The highest BCUT2D eigenvalue weighted by Gasteiger charge is 2.19. The molecular formula is C20H24N5O+. The molecule has 0 spiro atoms. The highest BCUT2D eigenvalue weighted by Crippen LogP contribution is 2.20. The van der Waals surface area contributed by atoms with Gasteiger partial charge in [-0.05, 0) is 30.3 Å². The second kappa shape index (κ2) is 7.17. The quantitative estimate of drug-likeness (QED) is 0.677. The second-order valence-corrected chi connectivity index (χ2v) is 6.87. The number of hydrogen-bond donors (Lipinski definition) is 3. The molecule has 1 aromatic heterocycles. The normalized spacial score (nSPS) is 14.7. The van der Waals surface area contributed by atoms with Crippen LogP contribution >= 0.6 is 0 Å². The maximum absolute atomic E-state index is 12.2. The number of urea groups is 1. The Morgan fingerprint density at radius 1 is 1.08 bits per heavy atom. The molecule has 0 unspecified atom stereocenters. The van der Waals surface area contributed by atoms with Crippen LogP contribution in [0.3, 0.4) is 0 Å². The molecule has 6 heteroatoms. The van der Waals surface area contributed by atoms with Crippen LogP contribution in [0.2, 0.25) is 0 Å². The second-order valence-electron chi connectivity index (χ2n) is 6.87. The summed E-state index contributed by atoms with van der Waals surface area (Å²) in [6.45, 7) is 3.42. The summed E-state index contributed by atoms with van der Waals surface area (Å²) < 4.78 is 2.16. The van der Waals surface area contributed by atoms with Crippen molar-refractivity contribution in [2.24, 2.45) is 7.05 Å². The molecule has 6 nitrogen and oxygen atoms in total. The fourth-order valence-corrected chi connectivity index (χ4v) is 3.58. The molecule has 134 valence electrons. The van der Waals surface area contributed by atoms with Crippen molar-refractivity contribution in [3.63, 3.8) is 0 Å². The SMILES string of the molecule is Cn1c(C[NH+]2CCCC2)nc2cc(NC(=O)Nc3ccccc3)ccc21. The van der Waals surface area contributed by atoms with Gasteiger partial charge in [-0.25, -0.2) is 9.78 Å².